The SMILES string of the molecule is CC(C)CCNc1cc(C(=O)NCCc2ccc(F)cc2)ccn1. The second-order valence-electron chi connectivity index (χ2n) is 6.17. The van der Waals surface area contributed by atoms with Crippen molar-refractivity contribution in [2.45, 2.75) is 26.7 Å². The van der Waals surface area contributed by atoms with Gasteiger partial charge in [-0.15, -0.1) is 0 Å². The van der Waals surface area contributed by atoms with Crippen molar-refractivity contribution in [3.05, 3.63) is 59.5 Å². The summed E-state index contributed by atoms with van der Waals surface area (Å²) in [5.74, 6) is 0.945. The number of anilines is 1. The average Bonchev–Trinajstić information content (AvgIpc) is 2.56. The third kappa shape index (κ3) is 5.99. The Morgan fingerprint density at radius 3 is 2.62 bits per heavy atom. The van der Waals surface area contributed by atoms with Crippen molar-refractivity contribution in [3.63, 3.8) is 0 Å². The maximum absolute atomic E-state index is 12.8. The van der Waals surface area contributed by atoms with Gasteiger partial charge in [0.2, 0.25) is 0 Å². The largest absolute Gasteiger partial charge is 0.370 e. The number of nitrogens with zero attached hydrogens (tertiary/aromatic N) is 1. The highest BCUT2D eigenvalue weighted by molar-refractivity contribution is 5.94. The number of nitrogens with one attached hydrogen (secondary N) is 2. The highest BCUT2D eigenvalue weighted by Gasteiger charge is 2.06. The molecule has 0 radical (unpaired) electrons. The van der Waals surface area contributed by atoms with E-state index in [1.54, 1.807) is 30.5 Å². The summed E-state index contributed by atoms with van der Waals surface area (Å²) >= 11 is 0. The van der Waals surface area contributed by atoms with Gasteiger partial charge in [-0.1, -0.05) is 26.0 Å². The van der Waals surface area contributed by atoms with Gasteiger partial charge in [0.1, 0.15) is 11.6 Å². The van der Waals surface area contributed by atoms with Crippen LogP contribution in [0.15, 0.2) is 42.6 Å². The zero-order valence-corrected chi connectivity index (χ0v) is 14.2. The van der Waals surface area contributed by atoms with Crippen LogP contribution in [0, 0.1) is 11.7 Å². The normalized spacial score (nSPS) is 10.7. The molecule has 1 heterocycles. The molecule has 0 bridgehead atoms. The Balaban J connectivity index is 1.82. The fraction of sp³-hybridized carbons (Fsp3) is 0.368. The molecule has 2 N–H and O–H groups in total. The molecule has 1 aromatic heterocycles. The van der Waals surface area contributed by atoms with Crippen LogP contribution in [0.2, 0.25) is 0 Å². The average molecular weight is 329 g/mol. The minimum absolute atomic E-state index is 0.133. The molecule has 0 saturated carbocycles. The molecule has 0 aliphatic heterocycles. The summed E-state index contributed by atoms with van der Waals surface area (Å²) < 4.78 is 12.8. The van der Waals surface area contributed by atoms with Gasteiger partial charge < -0.3 is 10.6 Å². The van der Waals surface area contributed by atoms with Crippen molar-refractivity contribution in [3.8, 4) is 0 Å². The van der Waals surface area contributed by atoms with E-state index in [0.29, 0.717) is 30.3 Å². The molecule has 0 aliphatic rings. The third-order valence-electron chi connectivity index (χ3n) is 3.66. The predicted molar refractivity (Wildman–Crippen MR) is 94.6 cm³/mol. The van der Waals surface area contributed by atoms with E-state index in [2.05, 4.69) is 29.5 Å². The van der Waals surface area contributed by atoms with Crippen LogP contribution < -0.4 is 10.6 Å². The van der Waals surface area contributed by atoms with Gasteiger partial charge in [0, 0.05) is 24.8 Å². The lowest BCUT2D eigenvalue weighted by Gasteiger charge is -2.09. The van der Waals surface area contributed by atoms with Gasteiger partial charge in [0.05, 0.1) is 0 Å². The van der Waals surface area contributed by atoms with Crippen LogP contribution in [0.1, 0.15) is 36.2 Å². The minimum atomic E-state index is -0.253. The lowest BCUT2D eigenvalue weighted by molar-refractivity contribution is 0.0954. The first kappa shape index (κ1) is 17.9. The Labute approximate surface area is 142 Å². The monoisotopic (exact) mass is 329 g/mol. The Hall–Kier alpha value is -2.43. The molecule has 0 atom stereocenters. The number of carbonyl (C=O) groups is 1. The molecule has 2 aromatic rings. The van der Waals surface area contributed by atoms with Crippen LogP contribution in [0.3, 0.4) is 0 Å². The summed E-state index contributed by atoms with van der Waals surface area (Å²) in [6, 6.07) is 9.76. The fourth-order valence-electron chi connectivity index (χ4n) is 2.23. The van der Waals surface area contributed by atoms with Crippen LogP contribution >= 0.6 is 0 Å². The molecule has 0 unspecified atom stereocenters. The highest BCUT2D eigenvalue weighted by Crippen LogP contribution is 2.08. The van der Waals surface area contributed by atoms with E-state index in [1.807, 2.05) is 0 Å². The Morgan fingerprint density at radius 1 is 1.17 bits per heavy atom. The zero-order chi connectivity index (χ0) is 17.4. The zero-order valence-electron chi connectivity index (χ0n) is 14.2. The van der Waals surface area contributed by atoms with Crippen molar-refractivity contribution < 1.29 is 9.18 Å². The van der Waals surface area contributed by atoms with Crippen LogP contribution in [-0.4, -0.2) is 24.0 Å². The number of rotatable bonds is 8. The first-order chi connectivity index (χ1) is 11.5. The van der Waals surface area contributed by atoms with E-state index < -0.39 is 0 Å². The van der Waals surface area contributed by atoms with Crippen molar-refractivity contribution in [2.75, 3.05) is 18.4 Å². The first-order valence-electron chi connectivity index (χ1n) is 8.27. The van der Waals surface area contributed by atoms with Gasteiger partial charge in [-0.05, 0) is 48.6 Å². The molecule has 0 aliphatic carbocycles. The molecule has 0 fully saturated rings. The standard InChI is InChI=1S/C19H24FN3O/c1-14(2)7-10-21-18-13-16(9-12-22-18)19(24)23-11-8-15-3-5-17(20)6-4-15/h3-6,9,12-14H,7-8,10-11H2,1-2H3,(H,21,22)(H,23,24). The quantitative estimate of drug-likeness (QED) is 0.777. The second-order valence-corrected chi connectivity index (χ2v) is 6.17. The number of halogens is 1. The van der Waals surface area contributed by atoms with E-state index in [4.69, 9.17) is 0 Å². The first-order valence-corrected chi connectivity index (χ1v) is 8.27. The summed E-state index contributed by atoms with van der Waals surface area (Å²) in [6.07, 6.45) is 3.35. The molecule has 0 spiro atoms. The topological polar surface area (TPSA) is 54.0 Å². The molecule has 2 rings (SSSR count). The highest BCUT2D eigenvalue weighted by atomic mass is 19.1. The summed E-state index contributed by atoms with van der Waals surface area (Å²) in [5, 5.41) is 6.11. The Morgan fingerprint density at radius 2 is 1.92 bits per heavy atom. The van der Waals surface area contributed by atoms with Crippen molar-refractivity contribution in [1.29, 1.82) is 0 Å². The number of carbonyl (C=O) groups excluding carboxylic acids is 1. The van der Waals surface area contributed by atoms with Gasteiger partial charge in [0.15, 0.2) is 0 Å². The fourth-order valence-corrected chi connectivity index (χ4v) is 2.23. The molecule has 5 heteroatoms. The number of aromatic nitrogens is 1. The lowest BCUT2D eigenvalue weighted by atomic mass is 10.1. The van der Waals surface area contributed by atoms with Crippen LogP contribution in [0.4, 0.5) is 10.2 Å². The minimum Gasteiger partial charge on any atom is -0.370 e. The van der Waals surface area contributed by atoms with Gasteiger partial charge >= 0.3 is 0 Å². The molecule has 0 saturated heterocycles. The maximum atomic E-state index is 12.8. The maximum Gasteiger partial charge on any atom is 0.251 e. The second kappa shape index (κ2) is 9.01. The Bertz CT molecular complexity index is 656. The number of benzene rings is 1. The van der Waals surface area contributed by atoms with Gasteiger partial charge in [-0.2, -0.15) is 0 Å². The molecule has 24 heavy (non-hydrogen) atoms. The predicted octanol–water partition coefficient (Wildman–Crippen LogP) is 3.65. The van der Waals surface area contributed by atoms with Gasteiger partial charge in [-0.25, -0.2) is 9.37 Å². The van der Waals surface area contributed by atoms with Crippen molar-refractivity contribution in [2.24, 2.45) is 5.92 Å². The van der Waals surface area contributed by atoms with Crippen molar-refractivity contribution >= 4 is 11.7 Å². The number of hydrogen-bond acceptors (Lipinski definition) is 3. The number of pyridine rings is 1. The number of hydrogen-bond donors (Lipinski definition) is 2. The van der Waals surface area contributed by atoms with E-state index >= 15 is 0 Å². The molecular weight excluding hydrogens is 305 g/mol. The molecule has 128 valence electrons. The lowest BCUT2D eigenvalue weighted by Crippen LogP contribution is -2.25. The Kier molecular flexibility index (Phi) is 6.73. The van der Waals surface area contributed by atoms with Crippen molar-refractivity contribution in [1.82, 2.24) is 10.3 Å². The summed E-state index contributed by atoms with van der Waals surface area (Å²) in [7, 11) is 0. The van der Waals surface area contributed by atoms with Gasteiger partial charge in [-0.3, -0.25) is 4.79 Å². The molecule has 1 amide bonds. The smallest absolute Gasteiger partial charge is 0.251 e. The molecule has 4 nitrogen and oxygen atoms in total. The number of amides is 1. The van der Waals surface area contributed by atoms with Crippen LogP contribution in [0.5, 0.6) is 0 Å². The summed E-state index contributed by atoms with van der Waals surface area (Å²) in [5.41, 5.74) is 1.57. The van der Waals surface area contributed by atoms with E-state index in [9.17, 15) is 9.18 Å². The van der Waals surface area contributed by atoms with Crippen LogP contribution in [-0.2, 0) is 6.42 Å². The van der Waals surface area contributed by atoms with E-state index in [-0.39, 0.29) is 11.7 Å². The van der Waals surface area contributed by atoms with Crippen LogP contribution in [0.25, 0.3) is 0 Å². The third-order valence-corrected chi connectivity index (χ3v) is 3.66. The van der Waals surface area contributed by atoms with E-state index in [1.165, 1.54) is 12.1 Å². The van der Waals surface area contributed by atoms with Gasteiger partial charge in [0.25, 0.3) is 5.91 Å². The molecular formula is C19H24FN3O. The molecule has 1 aromatic carbocycles. The summed E-state index contributed by atoms with van der Waals surface area (Å²) in [6.45, 7) is 5.67. The summed E-state index contributed by atoms with van der Waals surface area (Å²) in [4.78, 5) is 16.4. The van der Waals surface area contributed by atoms with E-state index in [0.717, 1.165) is 18.5 Å².